The van der Waals surface area contributed by atoms with Crippen molar-refractivity contribution in [2.75, 3.05) is 19.3 Å². The molecule has 25 heavy (non-hydrogen) atoms. The molecule has 1 amide bonds. The van der Waals surface area contributed by atoms with E-state index in [1.165, 1.54) is 29.8 Å². The van der Waals surface area contributed by atoms with E-state index in [0.717, 1.165) is 32.1 Å². The smallest absolute Gasteiger partial charge is 0.238 e. The van der Waals surface area contributed by atoms with Crippen molar-refractivity contribution in [3.63, 3.8) is 0 Å². The molecule has 142 valence electrons. The Morgan fingerprint density at radius 2 is 1.88 bits per heavy atom. The third-order valence-electron chi connectivity index (χ3n) is 6.93. The van der Waals surface area contributed by atoms with Crippen molar-refractivity contribution in [2.24, 2.45) is 17.3 Å². The number of amides is 1. The molecule has 5 nitrogen and oxygen atoms in total. The van der Waals surface area contributed by atoms with E-state index in [-0.39, 0.29) is 16.2 Å². The number of alkyl halides is 1. The summed E-state index contributed by atoms with van der Waals surface area (Å²) < 4.78 is 25.4. The molecule has 7 heteroatoms. The Morgan fingerprint density at radius 1 is 1.20 bits per heavy atom. The molecule has 0 aromatic heterocycles. The van der Waals surface area contributed by atoms with Crippen molar-refractivity contribution in [1.82, 2.24) is 9.62 Å². The van der Waals surface area contributed by atoms with Crippen LogP contribution in [0.5, 0.6) is 0 Å². The Bertz CT molecular complexity index is 651. The van der Waals surface area contributed by atoms with Gasteiger partial charge in [0, 0.05) is 18.0 Å². The number of hydrogen-bond acceptors (Lipinski definition) is 3. The van der Waals surface area contributed by atoms with E-state index < -0.39 is 16.1 Å². The molecule has 4 bridgehead atoms. The number of nitrogens with zero attached hydrogens (tertiary/aromatic N) is 1. The second-order valence-corrected chi connectivity index (χ2v) is 12.0. The Morgan fingerprint density at radius 3 is 2.48 bits per heavy atom. The van der Waals surface area contributed by atoms with E-state index in [1.54, 1.807) is 0 Å². The summed E-state index contributed by atoms with van der Waals surface area (Å²) in [6.45, 7) is 1.11. The number of rotatable bonds is 4. The summed E-state index contributed by atoms with van der Waals surface area (Å²) in [5, 5.41) is 3.13. The van der Waals surface area contributed by atoms with Crippen molar-refractivity contribution in [3.05, 3.63) is 0 Å². The van der Waals surface area contributed by atoms with Crippen molar-refractivity contribution < 1.29 is 13.2 Å². The van der Waals surface area contributed by atoms with Crippen LogP contribution in [0.2, 0.25) is 0 Å². The molecule has 5 fully saturated rings. The lowest BCUT2D eigenvalue weighted by Gasteiger charge is -2.60. The summed E-state index contributed by atoms with van der Waals surface area (Å²) in [4.78, 5) is 12.7. The molecule has 1 heterocycles. The SMILES string of the molecule is CS(=O)(=O)N1CCCCC1C(=O)NCC12CC3CC(CC(Cl)(C3)C1)C2. The topological polar surface area (TPSA) is 66.5 Å². The van der Waals surface area contributed by atoms with Gasteiger partial charge in [-0.2, -0.15) is 4.31 Å². The van der Waals surface area contributed by atoms with Crippen LogP contribution in [-0.2, 0) is 14.8 Å². The average Bonchev–Trinajstić information content (AvgIpc) is 2.49. The van der Waals surface area contributed by atoms with Crippen LogP contribution in [0.1, 0.15) is 57.8 Å². The highest BCUT2D eigenvalue weighted by molar-refractivity contribution is 7.88. The standard InChI is InChI=1S/C18H29ClN2O3S/c1-25(23,24)21-5-3-2-4-15(21)16(22)20-12-17-7-13-6-14(8-17)10-18(19,9-13)11-17/h13-15H,2-12H2,1H3,(H,20,22). The summed E-state index contributed by atoms with van der Waals surface area (Å²) in [6.07, 6.45) is 10.5. The summed E-state index contributed by atoms with van der Waals surface area (Å²) in [5.74, 6) is 1.29. The second-order valence-electron chi connectivity index (χ2n) is 9.22. The number of carbonyl (C=O) groups excluding carboxylic acids is 1. The van der Waals surface area contributed by atoms with Crippen LogP contribution in [-0.4, -0.2) is 48.9 Å². The first-order valence-electron chi connectivity index (χ1n) is 9.62. The Kier molecular flexibility index (Phi) is 4.40. The minimum Gasteiger partial charge on any atom is -0.354 e. The summed E-state index contributed by atoms with van der Waals surface area (Å²) in [5.41, 5.74) is 0.131. The lowest BCUT2D eigenvalue weighted by atomic mass is 9.49. The van der Waals surface area contributed by atoms with Crippen LogP contribution in [0.25, 0.3) is 0 Å². The number of piperidine rings is 1. The lowest BCUT2D eigenvalue weighted by Crippen LogP contribution is -2.58. The van der Waals surface area contributed by atoms with E-state index >= 15 is 0 Å². The molecule has 4 aliphatic carbocycles. The number of halogens is 1. The van der Waals surface area contributed by atoms with Gasteiger partial charge >= 0.3 is 0 Å². The summed E-state index contributed by atoms with van der Waals surface area (Å²) in [6, 6.07) is -0.539. The third-order valence-corrected chi connectivity index (χ3v) is 8.66. The number of hydrogen-bond donors (Lipinski definition) is 1. The predicted molar refractivity (Wildman–Crippen MR) is 97.9 cm³/mol. The van der Waals surface area contributed by atoms with E-state index in [2.05, 4.69) is 5.32 Å². The predicted octanol–water partition coefficient (Wildman–Crippen LogP) is 2.49. The zero-order valence-corrected chi connectivity index (χ0v) is 16.5. The molecule has 0 aromatic rings. The molecule has 1 N–H and O–H groups in total. The van der Waals surface area contributed by atoms with Crippen molar-refractivity contribution in [3.8, 4) is 0 Å². The molecule has 5 rings (SSSR count). The van der Waals surface area contributed by atoms with E-state index in [1.807, 2.05) is 0 Å². The molecule has 4 saturated carbocycles. The molecule has 0 spiro atoms. The molecule has 5 aliphatic rings. The maximum absolute atomic E-state index is 12.8. The first-order chi connectivity index (χ1) is 11.7. The minimum atomic E-state index is -3.34. The van der Waals surface area contributed by atoms with Gasteiger partial charge in [-0.25, -0.2) is 8.42 Å². The highest BCUT2D eigenvalue weighted by atomic mass is 35.5. The number of carbonyl (C=O) groups is 1. The van der Waals surface area contributed by atoms with Gasteiger partial charge in [0.1, 0.15) is 6.04 Å². The maximum Gasteiger partial charge on any atom is 0.238 e. The van der Waals surface area contributed by atoms with E-state index in [9.17, 15) is 13.2 Å². The van der Waals surface area contributed by atoms with Crippen molar-refractivity contribution in [2.45, 2.75) is 68.7 Å². The van der Waals surface area contributed by atoms with Gasteiger partial charge in [-0.15, -0.1) is 11.6 Å². The summed E-state index contributed by atoms with van der Waals surface area (Å²) in [7, 11) is -3.34. The Labute approximate surface area is 155 Å². The van der Waals surface area contributed by atoms with Gasteiger partial charge in [-0.1, -0.05) is 6.42 Å². The zero-order chi connectivity index (χ0) is 17.9. The van der Waals surface area contributed by atoms with Crippen molar-refractivity contribution in [1.29, 1.82) is 0 Å². The Hall–Kier alpha value is -0.330. The third kappa shape index (κ3) is 3.46. The van der Waals surface area contributed by atoms with Crippen LogP contribution in [0.15, 0.2) is 0 Å². The van der Waals surface area contributed by atoms with Gasteiger partial charge in [-0.05, 0) is 68.6 Å². The van der Waals surface area contributed by atoms with E-state index in [0.29, 0.717) is 31.3 Å². The van der Waals surface area contributed by atoms with Crippen molar-refractivity contribution >= 4 is 27.5 Å². The molecule has 1 aliphatic heterocycles. The second kappa shape index (κ2) is 6.10. The fourth-order valence-corrected chi connectivity index (χ4v) is 8.34. The Balaban J connectivity index is 1.43. The van der Waals surface area contributed by atoms with Gasteiger partial charge in [0.15, 0.2) is 0 Å². The fraction of sp³-hybridized carbons (Fsp3) is 0.944. The molecule has 3 atom stereocenters. The number of sulfonamides is 1. The number of nitrogens with one attached hydrogen (secondary N) is 1. The molecule has 3 unspecified atom stereocenters. The largest absolute Gasteiger partial charge is 0.354 e. The van der Waals surface area contributed by atoms with Crippen LogP contribution in [0.3, 0.4) is 0 Å². The van der Waals surface area contributed by atoms with Gasteiger partial charge in [0.05, 0.1) is 6.26 Å². The van der Waals surface area contributed by atoms with Crippen LogP contribution in [0.4, 0.5) is 0 Å². The highest BCUT2D eigenvalue weighted by Gasteiger charge is 2.57. The first-order valence-corrected chi connectivity index (χ1v) is 11.8. The monoisotopic (exact) mass is 388 g/mol. The zero-order valence-electron chi connectivity index (χ0n) is 15.0. The van der Waals surface area contributed by atoms with Crippen LogP contribution < -0.4 is 5.32 Å². The molecule has 0 aromatic carbocycles. The van der Waals surface area contributed by atoms with E-state index in [4.69, 9.17) is 11.6 Å². The highest BCUT2D eigenvalue weighted by Crippen LogP contribution is 2.63. The quantitative estimate of drug-likeness (QED) is 0.752. The molecular weight excluding hydrogens is 360 g/mol. The molecular formula is C18H29ClN2O3S. The fourth-order valence-electron chi connectivity index (χ4n) is 6.50. The maximum atomic E-state index is 12.8. The van der Waals surface area contributed by atoms with Crippen LogP contribution >= 0.6 is 11.6 Å². The van der Waals surface area contributed by atoms with Crippen LogP contribution in [0, 0.1) is 17.3 Å². The lowest BCUT2D eigenvalue weighted by molar-refractivity contribution is -0.127. The van der Waals surface area contributed by atoms with Gasteiger partial charge in [0.2, 0.25) is 15.9 Å². The minimum absolute atomic E-state index is 0.0571. The molecule has 1 saturated heterocycles. The van der Waals surface area contributed by atoms with Gasteiger partial charge in [0.25, 0.3) is 0 Å². The van der Waals surface area contributed by atoms with Gasteiger partial charge < -0.3 is 5.32 Å². The average molecular weight is 389 g/mol. The normalized spacial score (nSPS) is 44.0. The first kappa shape index (κ1) is 18.1. The molecule has 0 radical (unpaired) electrons. The summed E-state index contributed by atoms with van der Waals surface area (Å²) >= 11 is 6.87. The van der Waals surface area contributed by atoms with Gasteiger partial charge in [-0.3, -0.25) is 4.79 Å².